The van der Waals surface area contributed by atoms with Gasteiger partial charge in [0.1, 0.15) is 6.61 Å². The molecular formula is C16H15Cl2NO2S. The first-order valence-electron chi connectivity index (χ1n) is 6.67. The molecule has 0 aromatic heterocycles. The van der Waals surface area contributed by atoms with Crippen molar-refractivity contribution in [1.29, 1.82) is 0 Å². The zero-order chi connectivity index (χ0) is 15.8. The average molecular weight is 356 g/mol. The van der Waals surface area contributed by atoms with Gasteiger partial charge in [-0.05, 0) is 23.8 Å². The zero-order valence-corrected chi connectivity index (χ0v) is 14.0. The Morgan fingerprint density at radius 1 is 1.14 bits per heavy atom. The topological polar surface area (TPSA) is 38.3 Å². The van der Waals surface area contributed by atoms with Gasteiger partial charge in [-0.3, -0.25) is 0 Å². The molecule has 0 spiro atoms. The summed E-state index contributed by atoms with van der Waals surface area (Å²) in [5, 5.41) is 3.93. The zero-order valence-electron chi connectivity index (χ0n) is 11.7. The highest BCUT2D eigenvalue weighted by atomic mass is 35.5. The summed E-state index contributed by atoms with van der Waals surface area (Å²) in [5.41, 5.74) is 0.958. The highest BCUT2D eigenvalue weighted by molar-refractivity contribution is 7.99. The SMILES string of the molecule is O=C(NCCSc1ccc(Cl)cc1Cl)OCc1ccccc1. The lowest BCUT2D eigenvalue weighted by atomic mass is 10.2. The fourth-order valence-electron chi connectivity index (χ4n) is 1.68. The fraction of sp³-hybridized carbons (Fsp3) is 0.188. The molecule has 1 amide bonds. The molecule has 0 bridgehead atoms. The third kappa shape index (κ3) is 5.79. The second-order valence-electron chi connectivity index (χ2n) is 4.41. The van der Waals surface area contributed by atoms with Crippen LogP contribution in [0.5, 0.6) is 0 Å². The van der Waals surface area contributed by atoms with Gasteiger partial charge in [-0.25, -0.2) is 4.79 Å². The van der Waals surface area contributed by atoms with Crippen LogP contribution >= 0.6 is 35.0 Å². The number of halogens is 2. The van der Waals surface area contributed by atoms with Crippen molar-refractivity contribution < 1.29 is 9.53 Å². The van der Waals surface area contributed by atoms with Crippen molar-refractivity contribution in [1.82, 2.24) is 5.32 Å². The van der Waals surface area contributed by atoms with Gasteiger partial charge in [0, 0.05) is 22.2 Å². The molecule has 2 aromatic rings. The number of thioether (sulfide) groups is 1. The van der Waals surface area contributed by atoms with Crippen LogP contribution < -0.4 is 5.32 Å². The highest BCUT2D eigenvalue weighted by Gasteiger charge is 2.04. The van der Waals surface area contributed by atoms with Gasteiger partial charge in [0.05, 0.1) is 5.02 Å². The van der Waals surface area contributed by atoms with Crippen molar-refractivity contribution in [2.75, 3.05) is 12.3 Å². The molecule has 2 rings (SSSR count). The van der Waals surface area contributed by atoms with Crippen LogP contribution in [0.15, 0.2) is 53.4 Å². The Labute approximate surface area is 144 Å². The van der Waals surface area contributed by atoms with E-state index in [1.54, 1.807) is 23.9 Å². The normalized spacial score (nSPS) is 10.3. The van der Waals surface area contributed by atoms with Crippen molar-refractivity contribution in [2.24, 2.45) is 0 Å². The lowest BCUT2D eigenvalue weighted by Crippen LogP contribution is -2.26. The van der Waals surface area contributed by atoms with Crippen LogP contribution in [0.2, 0.25) is 10.0 Å². The van der Waals surface area contributed by atoms with E-state index in [4.69, 9.17) is 27.9 Å². The van der Waals surface area contributed by atoms with E-state index in [1.165, 1.54) is 0 Å². The molecule has 0 heterocycles. The average Bonchev–Trinajstić information content (AvgIpc) is 2.52. The van der Waals surface area contributed by atoms with E-state index in [-0.39, 0.29) is 6.61 Å². The molecule has 2 aromatic carbocycles. The number of alkyl carbamates (subject to hydrolysis) is 1. The van der Waals surface area contributed by atoms with Crippen LogP contribution in [0.25, 0.3) is 0 Å². The lowest BCUT2D eigenvalue weighted by molar-refractivity contribution is 0.140. The molecule has 116 valence electrons. The molecule has 0 fully saturated rings. The number of carbonyl (C=O) groups excluding carboxylic acids is 1. The molecule has 0 radical (unpaired) electrons. The fourth-order valence-corrected chi connectivity index (χ4v) is 3.04. The minimum Gasteiger partial charge on any atom is -0.445 e. The van der Waals surface area contributed by atoms with Gasteiger partial charge in [0.15, 0.2) is 0 Å². The van der Waals surface area contributed by atoms with Crippen LogP contribution in [-0.2, 0) is 11.3 Å². The van der Waals surface area contributed by atoms with Crippen LogP contribution in [0, 0.1) is 0 Å². The summed E-state index contributed by atoms with van der Waals surface area (Å²) in [6.45, 7) is 0.764. The van der Waals surface area contributed by atoms with E-state index in [0.717, 1.165) is 10.5 Å². The summed E-state index contributed by atoms with van der Waals surface area (Å²) in [6, 6.07) is 14.9. The molecule has 0 atom stereocenters. The highest BCUT2D eigenvalue weighted by Crippen LogP contribution is 2.29. The predicted octanol–water partition coefficient (Wildman–Crippen LogP) is 5.01. The van der Waals surface area contributed by atoms with E-state index < -0.39 is 6.09 Å². The third-order valence-electron chi connectivity index (χ3n) is 2.74. The molecule has 6 heteroatoms. The number of carbonyl (C=O) groups is 1. The molecule has 0 saturated heterocycles. The first kappa shape index (κ1) is 17.0. The smallest absolute Gasteiger partial charge is 0.407 e. The number of hydrogen-bond acceptors (Lipinski definition) is 3. The van der Waals surface area contributed by atoms with Crippen molar-refractivity contribution in [3.05, 3.63) is 64.1 Å². The van der Waals surface area contributed by atoms with Crippen molar-refractivity contribution >= 4 is 41.1 Å². The van der Waals surface area contributed by atoms with Gasteiger partial charge in [0.2, 0.25) is 0 Å². The van der Waals surface area contributed by atoms with Crippen molar-refractivity contribution in [3.63, 3.8) is 0 Å². The molecular weight excluding hydrogens is 341 g/mol. The predicted molar refractivity (Wildman–Crippen MR) is 91.8 cm³/mol. The Morgan fingerprint density at radius 3 is 2.64 bits per heavy atom. The third-order valence-corrected chi connectivity index (χ3v) is 4.47. The standard InChI is InChI=1S/C16H15Cl2NO2S/c17-13-6-7-15(14(18)10-13)22-9-8-19-16(20)21-11-12-4-2-1-3-5-12/h1-7,10H,8-9,11H2,(H,19,20). The Hall–Kier alpha value is -1.36. The van der Waals surface area contributed by atoms with Crippen molar-refractivity contribution in [2.45, 2.75) is 11.5 Å². The second kappa shape index (κ2) is 8.93. The minimum absolute atomic E-state index is 0.267. The van der Waals surface area contributed by atoms with E-state index in [1.807, 2.05) is 36.4 Å². The van der Waals surface area contributed by atoms with Crippen molar-refractivity contribution in [3.8, 4) is 0 Å². The summed E-state index contributed by atoms with van der Waals surface area (Å²) in [5.74, 6) is 0.696. The molecule has 0 unspecified atom stereocenters. The summed E-state index contributed by atoms with van der Waals surface area (Å²) >= 11 is 13.5. The molecule has 0 aliphatic carbocycles. The molecule has 3 nitrogen and oxygen atoms in total. The molecule has 1 N–H and O–H groups in total. The van der Waals surface area contributed by atoms with Gasteiger partial charge in [0.25, 0.3) is 0 Å². The van der Waals surface area contributed by atoms with E-state index in [9.17, 15) is 4.79 Å². The number of rotatable bonds is 6. The summed E-state index contributed by atoms with van der Waals surface area (Å²) in [6.07, 6.45) is -0.424. The molecule has 0 saturated carbocycles. The van der Waals surface area contributed by atoms with Crippen LogP contribution in [-0.4, -0.2) is 18.4 Å². The van der Waals surface area contributed by atoms with Crippen LogP contribution in [0.4, 0.5) is 4.79 Å². The quantitative estimate of drug-likeness (QED) is 0.584. The van der Waals surface area contributed by atoms with Gasteiger partial charge in [-0.15, -0.1) is 11.8 Å². The van der Waals surface area contributed by atoms with E-state index in [0.29, 0.717) is 22.3 Å². The molecule has 0 aliphatic heterocycles. The maximum absolute atomic E-state index is 11.6. The van der Waals surface area contributed by atoms with Gasteiger partial charge >= 0.3 is 6.09 Å². The minimum atomic E-state index is -0.424. The number of hydrogen-bond donors (Lipinski definition) is 1. The van der Waals surface area contributed by atoms with E-state index in [2.05, 4.69) is 5.32 Å². The first-order valence-corrected chi connectivity index (χ1v) is 8.42. The first-order chi connectivity index (χ1) is 10.6. The molecule has 22 heavy (non-hydrogen) atoms. The van der Waals surface area contributed by atoms with Gasteiger partial charge < -0.3 is 10.1 Å². The van der Waals surface area contributed by atoms with Gasteiger partial charge in [-0.2, -0.15) is 0 Å². The second-order valence-corrected chi connectivity index (χ2v) is 6.39. The number of ether oxygens (including phenoxy) is 1. The number of benzene rings is 2. The number of nitrogens with one attached hydrogen (secondary N) is 1. The Balaban J connectivity index is 1.65. The maximum Gasteiger partial charge on any atom is 0.407 e. The maximum atomic E-state index is 11.6. The van der Waals surface area contributed by atoms with Crippen LogP contribution in [0.3, 0.4) is 0 Å². The summed E-state index contributed by atoms with van der Waals surface area (Å²) in [4.78, 5) is 12.5. The van der Waals surface area contributed by atoms with Gasteiger partial charge in [-0.1, -0.05) is 53.5 Å². The Kier molecular flexibility index (Phi) is 6.90. The summed E-state index contributed by atoms with van der Waals surface area (Å²) in [7, 11) is 0. The Bertz CT molecular complexity index is 623. The number of amides is 1. The van der Waals surface area contributed by atoms with E-state index >= 15 is 0 Å². The summed E-state index contributed by atoms with van der Waals surface area (Å²) < 4.78 is 5.12. The lowest BCUT2D eigenvalue weighted by Gasteiger charge is -2.08. The van der Waals surface area contributed by atoms with Crippen LogP contribution in [0.1, 0.15) is 5.56 Å². The largest absolute Gasteiger partial charge is 0.445 e. The Morgan fingerprint density at radius 2 is 1.91 bits per heavy atom. The monoisotopic (exact) mass is 355 g/mol. The molecule has 0 aliphatic rings.